The first-order valence-electron chi connectivity index (χ1n) is 9.91. The molecule has 0 spiro atoms. The Balaban J connectivity index is 1.69. The monoisotopic (exact) mass is 414 g/mol. The summed E-state index contributed by atoms with van der Waals surface area (Å²) in [6.07, 6.45) is 4.83. The lowest BCUT2D eigenvalue weighted by atomic mass is 10.0. The Morgan fingerprint density at radius 1 is 1.30 bits per heavy atom. The van der Waals surface area contributed by atoms with Crippen molar-refractivity contribution in [2.75, 3.05) is 18.1 Å². The number of aromatic nitrogens is 2. The average Bonchev–Trinajstić information content (AvgIpc) is 3.36. The van der Waals surface area contributed by atoms with Gasteiger partial charge in [-0.1, -0.05) is 0 Å². The number of pyridine rings is 1. The summed E-state index contributed by atoms with van der Waals surface area (Å²) < 4.78 is 29.8. The fourth-order valence-electron chi connectivity index (χ4n) is 3.89. The number of carbonyl (C=O) groups is 1. The van der Waals surface area contributed by atoms with Gasteiger partial charge in [-0.2, -0.15) is 0 Å². The molecular formula is C22H24F2N4O2. The molecule has 0 saturated carbocycles. The second-order valence-corrected chi connectivity index (χ2v) is 8.27. The predicted octanol–water partition coefficient (Wildman–Crippen LogP) is 3.45. The van der Waals surface area contributed by atoms with E-state index in [-0.39, 0.29) is 18.6 Å². The fourth-order valence-corrected chi connectivity index (χ4v) is 3.89. The van der Waals surface area contributed by atoms with Gasteiger partial charge in [0.05, 0.1) is 30.1 Å². The molecule has 0 bridgehead atoms. The van der Waals surface area contributed by atoms with Gasteiger partial charge in [-0.3, -0.25) is 9.20 Å². The molecule has 2 aromatic heterocycles. The van der Waals surface area contributed by atoms with Gasteiger partial charge in [-0.25, -0.2) is 13.8 Å². The Bertz CT molecular complexity index is 1100. The third-order valence-electron chi connectivity index (χ3n) is 5.47. The van der Waals surface area contributed by atoms with Gasteiger partial charge in [0.25, 0.3) is 5.91 Å². The third-order valence-corrected chi connectivity index (χ3v) is 5.47. The number of amides is 1. The van der Waals surface area contributed by atoms with Gasteiger partial charge in [-0.15, -0.1) is 0 Å². The van der Waals surface area contributed by atoms with Crippen molar-refractivity contribution in [1.82, 2.24) is 14.7 Å². The van der Waals surface area contributed by atoms with Crippen LogP contribution in [0.25, 0.3) is 5.65 Å². The lowest BCUT2D eigenvalue weighted by Crippen LogP contribution is -2.46. The molecule has 158 valence electrons. The van der Waals surface area contributed by atoms with E-state index in [1.807, 2.05) is 11.0 Å². The Labute approximate surface area is 173 Å². The Kier molecular flexibility index (Phi) is 5.19. The molecule has 0 unspecified atom stereocenters. The smallest absolute Gasteiger partial charge is 0.270 e. The maximum Gasteiger partial charge on any atom is 0.270 e. The van der Waals surface area contributed by atoms with Crippen LogP contribution in [-0.4, -0.2) is 39.1 Å². The van der Waals surface area contributed by atoms with Crippen LogP contribution in [0.15, 0.2) is 42.7 Å². The number of anilines is 1. The molecule has 8 heteroatoms. The summed E-state index contributed by atoms with van der Waals surface area (Å²) in [6.45, 7) is 3.94. The molecule has 1 fully saturated rings. The maximum atomic E-state index is 14.4. The summed E-state index contributed by atoms with van der Waals surface area (Å²) in [5.41, 5.74) is 1.29. The van der Waals surface area contributed by atoms with Crippen LogP contribution >= 0.6 is 0 Å². The molecule has 1 atom stereocenters. The highest BCUT2D eigenvalue weighted by Gasteiger charge is 2.29. The van der Waals surface area contributed by atoms with Crippen molar-refractivity contribution >= 4 is 17.2 Å². The highest BCUT2D eigenvalue weighted by molar-refractivity contribution is 5.93. The largest absolute Gasteiger partial charge is 0.394 e. The van der Waals surface area contributed by atoms with Crippen LogP contribution < -0.4 is 10.2 Å². The molecule has 1 aliphatic rings. The molecule has 3 heterocycles. The van der Waals surface area contributed by atoms with Crippen molar-refractivity contribution in [3.05, 3.63) is 65.6 Å². The first-order chi connectivity index (χ1) is 14.3. The number of benzene rings is 1. The van der Waals surface area contributed by atoms with Gasteiger partial charge in [0.2, 0.25) is 0 Å². The van der Waals surface area contributed by atoms with Gasteiger partial charge in [0.1, 0.15) is 23.0 Å². The summed E-state index contributed by atoms with van der Waals surface area (Å²) in [5.74, 6) is -1.25. The first kappa shape index (κ1) is 20.3. The summed E-state index contributed by atoms with van der Waals surface area (Å²) in [7, 11) is 0. The lowest BCUT2D eigenvalue weighted by Gasteiger charge is -2.28. The molecule has 1 saturated heterocycles. The van der Waals surface area contributed by atoms with Crippen molar-refractivity contribution < 1.29 is 18.7 Å². The summed E-state index contributed by atoms with van der Waals surface area (Å²) in [5, 5.41) is 12.2. The topological polar surface area (TPSA) is 69.9 Å². The maximum absolute atomic E-state index is 14.4. The minimum Gasteiger partial charge on any atom is -0.394 e. The van der Waals surface area contributed by atoms with E-state index < -0.39 is 17.2 Å². The SMILES string of the molecule is CC(C)(CO)NC(=O)c1cnc2ccc(N3CCC[C@@H]3c3cc(F)ccc3F)cn12. The van der Waals surface area contributed by atoms with Crippen molar-refractivity contribution in [2.24, 2.45) is 0 Å². The number of hydrogen-bond acceptors (Lipinski definition) is 4. The van der Waals surface area contributed by atoms with Crippen molar-refractivity contribution in [2.45, 2.75) is 38.3 Å². The van der Waals surface area contributed by atoms with E-state index in [1.54, 1.807) is 30.5 Å². The zero-order valence-electron chi connectivity index (χ0n) is 16.9. The fraction of sp³-hybridized carbons (Fsp3) is 0.364. The van der Waals surface area contributed by atoms with Gasteiger partial charge in [0.15, 0.2) is 0 Å². The highest BCUT2D eigenvalue weighted by atomic mass is 19.1. The van der Waals surface area contributed by atoms with Gasteiger partial charge in [0, 0.05) is 18.3 Å². The summed E-state index contributed by atoms with van der Waals surface area (Å²) in [4.78, 5) is 19.0. The summed E-state index contributed by atoms with van der Waals surface area (Å²) in [6, 6.07) is 6.91. The van der Waals surface area contributed by atoms with Gasteiger partial charge in [-0.05, 0) is 57.0 Å². The van der Waals surface area contributed by atoms with E-state index in [4.69, 9.17) is 0 Å². The molecule has 4 rings (SSSR count). The van der Waals surface area contributed by atoms with Gasteiger partial charge >= 0.3 is 0 Å². The third kappa shape index (κ3) is 3.75. The van der Waals surface area contributed by atoms with Crippen LogP contribution in [0.4, 0.5) is 14.5 Å². The van der Waals surface area contributed by atoms with E-state index in [0.29, 0.717) is 29.9 Å². The lowest BCUT2D eigenvalue weighted by molar-refractivity contribution is 0.0863. The van der Waals surface area contributed by atoms with E-state index in [1.165, 1.54) is 12.3 Å². The molecule has 1 amide bonds. The second-order valence-electron chi connectivity index (χ2n) is 8.27. The van der Waals surface area contributed by atoms with Crippen molar-refractivity contribution in [3.8, 4) is 0 Å². The predicted molar refractivity (Wildman–Crippen MR) is 110 cm³/mol. The van der Waals surface area contributed by atoms with Crippen LogP contribution in [0.1, 0.15) is 48.8 Å². The van der Waals surface area contributed by atoms with Crippen LogP contribution in [0.2, 0.25) is 0 Å². The number of hydrogen-bond donors (Lipinski definition) is 2. The normalized spacial score (nSPS) is 17.0. The van der Waals surface area contributed by atoms with E-state index >= 15 is 0 Å². The number of carbonyl (C=O) groups excluding carboxylic acids is 1. The Morgan fingerprint density at radius 3 is 2.87 bits per heavy atom. The van der Waals surface area contributed by atoms with Crippen molar-refractivity contribution in [3.63, 3.8) is 0 Å². The van der Waals surface area contributed by atoms with Crippen LogP contribution in [0.3, 0.4) is 0 Å². The Hall–Kier alpha value is -3.00. The molecule has 2 N–H and O–H groups in total. The molecule has 1 aromatic carbocycles. The van der Waals surface area contributed by atoms with E-state index in [9.17, 15) is 18.7 Å². The summed E-state index contributed by atoms with van der Waals surface area (Å²) >= 11 is 0. The number of aliphatic hydroxyl groups is 1. The number of aliphatic hydroxyl groups excluding tert-OH is 1. The standard InChI is InChI=1S/C22H24F2N4O2/c1-22(2,13-29)26-21(30)19-11-25-20-8-6-15(12-28(19)20)27-9-3-4-18(27)16-10-14(23)5-7-17(16)24/h5-8,10-12,18,29H,3-4,9,13H2,1-2H3,(H,26,30)/t18-/m1/s1. The zero-order chi connectivity index (χ0) is 21.5. The molecule has 1 aliphatic heterocycles. The molecular weight excluding hydrogens is 390 g/mol. The van der Waals surface area contributed by atoms with Crippen LogP contribution in [0, 0.1) is 11.6 Å². The molecule has 30 heavy (non-hydrogen) atoms. The number of halogens is 2. The average molecular weight is 414 g/mol. The number of nitrogens with one attached hydrogen (secondary N) is 1. The molecule has 3 aromatic rings. The second kappa shape index (κ2) is 7.68. The van der Waals surface area contributed by atoms with Crippen molar-refractivity contribution in [1.29, 1.82) is 0 Å². The van der Waals surface area contributed by atoms with Gasteiger partial charge < -0.3 is 15.3 Å². The van der Waals surface area contributed by atoms with Crippen LogP contribution in [0.5, 0.6) is 0 Å². The van der Waals surface area contributed by atoms with E-state index in [2.05, 4.69) is 10.3 Å². The van der Waals surface area contributed by atoms with Crippen LogP contribution in [-0.2, 0) is 0 Å². The first-order valence-corrected chi connectivity index (χ1v) is 9.91. The highest BCUT2D eigenvalue weighted by Crippen LogP contribution is 2.37. The minimum absolute atomic E-state index is 0.199. The number of rotatable bonds is 5. The molecule has 0 radical (unpaired) electrons. The molecule has 6 nitrogen and oxygen atoms in total. The number of imidazole rings is 1. The van der Waals surface area contributed by atoms with E-state index in [0.717, 1.165) is 24.2 Å². The molecule has 0 aliphatic carbocycles. The minimum atomic E-state index is -0.770. The number of nitrogens with zero attached hydrogens (tertiary/aromatic N) is 3. The quantitative estimate of drug-likeness (QED) is 0.671. The Morgan fingerprint density at radius 2 is 2.10 bits per heavy atom. The zero-order valence-corrected chi connectivity index (χ0v) is 16.9. The number of fused-ring (bicyclic) bond motifs is 1.